The van der Waals surface area contributed by atoms with Crippen LogP contribution >= 0.6 is 11.8 Å². The number of nitrogens with two attached hydrogens (primary N) is 1. The fraction of sp³-hybridized carbons (Fsp3) is 0.385. The zero-order valence-corrected chi connectivity index (χ0v) is 12.0. The molecule has 1 heterocycles. The number of benzene rings is 1. The van der Waals surface area contributed by atoms with Crippen LogP contribution in [0.25, 0.3) is 0 Å². The van der Waals surface area contributed by atoms with Crippen LogP contribution < -0.4 is 10.5 Å². The molecule has 0 fully saturated rings. The van der Waals surface area contributed by atoms with Crippen LogP contribution in [0.4, 0.5) is 0 Å². The smallest absolute Gasteiger partial charge is 0.190 e. The fourth-order valence-electron chi connectivity index (χ4n) is 1.70. The molecule has 0 aliphatic rings. The summed E-state index contributed by atoms with van der Waals surface area (Å²) in [6.45, 7) is 0.419. The summed E-state index contributed by atoms with van der Waals surface area (Å²) in [6, 6.07) is 8.13. The van der Waals surface area contributed by atoms with E-state index in [9.17, 15) is 0 Å². The third-order valence-corrected chi connectivity index (χ3v) is 3.91. The first-order valence-electron chi connectivity index (χ1n) is 6.08. The van der Waals surface area contributed by atoms with Gasteiger partial charge < -0.3 is 15.0 Å². The Morgan fingerprint density at radius 3 is 2.58 bits per heavy atom. The number of hydrogen-bond donors (Lipinski definition) is 1. The minimum absolute atomic E-state index is 0.419. The Morgan fingerprint density at radius 2 is 2.00 bits per heavy atom. The van der Waals surface area contributed by atoms with Gasteiger partial charge in [-0.1, -0.05) is 23.9 Å². The second kappa shape index (κ2) is 6.58. The molecular formula is C13H18N4OS. The second-order valence-electron chi connectivity index (χ2n) is 4.11. The van der Waals surface area contributed by atoms with Crippen molar-refractivity contribution >= 4 is 11.8 Å². The summed E-state index contributed by atoms with van der Waals surface area (Å²) in [5.41, 5.74) is 6.85. The Labute approximate surface area is 117 Å². The molecule has 0 unspecified atom stereocenters. The largest absolute Gasteiger partial charge is 0.497 e. The van der Waals surface area contributed by atoms with Crippen molar-refractivity contribution in [1.29, 1.82) is 0 Å². The lowest BCUT2D eigenvalue weighted by molar-refractivity contribution is 0.414. The van der Waals surface area contributed by atoms with Crippen LogP contribution in [-0.4, -0.2) is 27.6 Å². The van der Waals surface area contributed by atoms with Crippen molar-refractivity contribution in [2.24, 2.45) is 12.8 Å². The summed E-state index contributed by atoms with van der Waals surface area (Å²) in [4.78, 5) is 0. The van der Waals surface area contributed by atoms with Crippen molar-refractivity contribution in [2.45, 2.75) is 18.1 Å². The standard InChI is InChI=1S/C13H18N4OS/c1-17-12(9-14)15-16-13(17)19-8-7-10-3-5-11(18-2)6-4-10/h3-6H,7-9,14H2,1-2H3. The lowest BCUT2D eigenvalue weighted by Gasteiger charge is -2.04. The number of nitrogens with zero attached hydrogens (tertiary/aromatic N) is 3. The molecule has 1 aromatic carbocycles. The SMILES string of the molecule is COc1ccc(CCSc2nnc(CN)n2C)cc1. The molecule has 1 aromatic heterocycles. The Bertz CT molecular complexity index is 524. The van der Waals surface area contributed by atoms with Gasteiger partial charge in [0, 0.05) is 12.8 Å². The minimum atomic E-state index is 0.419. The molecule has 0 aliphatic heterocycles. The summed E-state index contributed by atoms with van der Waals surface area (Å²) in [7, 11) is 3.62. The Balaban J connectivity index is 1.87. The van der Waals surface area contributed by atoms with Crippen LogP contribution in [0.2, 0.25) is 0 Å². The molecule has 0 amide bonds. The van der Waals surface area contributed by atoms with E-state index in [-0.39, 0.29) is 0 Å². The van der Waals surface area contributed by atoms with E-state index in [0.29, 0.717) is 6.54 Å². The summed E-state index contributed by atoms with van der Waals surface area (Å²) in [6.07, 6.45) is 0.986. The molecular weight excluding hydrogens is 260 g/mol. The molecule has 0 radical (unpaired) electrons. The van der Waals surface area contributed by atoms with Gasteiger partial charge in [-0.2, -0.15) is 0 Å². The van der Waals surface area contributed by atoms with Gasteiger partial charge in [0.2, 0.25) is 0 Å². The molecule has 0 saturated heterocycles. The Morgan fingerprint density at radius 1 is 1.26 bits per heavy atom. The number of rotatable bonds is 6. The van der Waals surface area contributed by atoms with E-state index in [1.165, 1.54) is 5.56 Å². The average molecular weight is 278 g/mol. The predicted molar refractivity (Wildman–Crippen MR) is 76.3 cm³/mol. The van der Waals surface area contributed by atoms with E-state index in [4.69, 9.17) is 10.5 Å². The van der Waals surface area contributed by atoms with Gasteiger partial charge in [-0.25, -0.2) is 0 Å². The lowest BCUT2D eigenvalue weighted by Crippen LogP contribution is -2.05. The van der Waals surface area contributed by atoms with E-state index < -0.39 is 0 Å². The van der Waals surface area contributed by atoms with Gasteiger partial charge in [0.05, 0.1) is 13.7 Å². The van der Waals surface area contributed by atoms with Gasteiger partial charge >= 0.3 is 0 Å². The van der Waals surface area contributed by atoms with Crippen LogP contribution in [0, 0.1) is 0 Å². The maximum atomic E-state index is 5.57. The fourth-order valence-corrected chi connectivity index (χ4v) is 2.62. The first-order valence-corrected chi connectivity index (χ1v) is 7.07. The number of hydrogen-bond acceptors (Lipinski definition) is 5. The molecule has 6 heteroatoms. The van der Waals surface area contributed by atoms with Crippen molar-refractivity contribution in [1.82, 2.24) is 14.8 Å². The summed E-state index contributed by atoms with van der Waals surface area (Å²) < 4.78 is 7.08. The zero-order valence-electron chi connectivity index (χ0n) is 11.2. The first-order chi connectivity index (χ1) is 9.24. The molecule has 2 aromatic rings. The Kier molecular flexibility index (Phi) is 4.81. The molecule has 2 rings (SSSR count). The number of aryl methyl sites for hydroxylation is 1. The molecule has 2 N–H and O–H groups in total. The van der Waals surface area contributed by atoms with Gasteiger partial charge in [-0.05, 0) is 24.1 Å². The van der Waals surface area contributed by atoms with Crippen LogP contribution in [0.5, 0.6) is 5.75 Å². The quantitative estimate of drug-likeness (QED) is 0.813. The van der Waals surface area contributed by atoms with E-state index in [1.807, 2.05) is 23.7 Å². The van der Waals surface area contributed by atoms with Gasteiger partial charge in [-0.15, -0.1) is 10.2 Å². The monoisotopic (exact) mass is 278 g/mol. The van der Waals surface area contributed by atoms with Gasteiger partial charge in [0.15, 0.2) is 5.16 Å². The zero-order chi connectivity index (χ0) is 13.7. The highest BCUT2D eigenvalue weighted by molar-refractivity contribution is 7.99. The van der Waals surface area contributed by atoms with E-state index >= 15 is 0 Å². The molecule has 0 aliphatic carbocycles. The van der Waals surface area contributed by atoms with E-state index in [0.717, 1.165) is 28.9 Å². The molecule has 102 valence electrons. The van der Waals surface area contributed by atoms with E-state index in [2.05, 4.69) is 22.3 Å². The van der Waals surface area contributed by atoms with E-state index in [1.54, 1.807) is 18.9 Å². The third kappa shape index (κ3) is 3.48. The average Bonchev–Trinajstić information content (AvgIpc) is 2.80. The molecule has 5 nitrogen and oxygen atoms in total. The van der Waals surface area contributed by atoms with Crippen LogP contribution in [0.3, 0.4) is 0 Å². The molecule has 19 heavy (non-hydrogen) atoms. The first kappa shape index (κ1) is 13.9. The molecule has 0 atom stereocenters. The second-order valence-corrected chi connectivity index (χ2v) is 5.17. The summed E-state index contributed by atoms with van der Waals surface area (Å²) >= 11 is 1.69. The number of aromatic nitrogens is 3. The minimum Gasteiger partial charge on any atom is -0.497 e. The normalized spacial score (nSPS) is 10.7. The predicted octanol–water partition coefficient (Wildman–Crippen LogP) is 1.62. The molecule has 0 bridgehead atoms. The van der Waals surface area contributed by atoms with Crippen LogP contribution in [0.15, 0.2) is 29.4 Å². The van der Waals surface area contributed by atoms with Crippen LogP contribution in [-0.2, 0) is 20.0 Å². The molecule has 0 spiro atoms. The van der Waals surface area contributed by atoms with Crippen molar-refractivity contribution in [3.05, 3.63) is 35.7 Å². The van der Waals surface area contributed by atoms with Gasteiger partial charge in [0.25, 0.3) is 0 Å². The summed E-state index contributed by atoms with van der Waals surface area (Å²) in [5, 5.41) is 9.07. The lowest BCUT2D eigenvalue weighted by atomic mass is 10.2. The number of ether oxygens (including phenoxy) is 1. The van der Waals surface area contributed by atoms with Crippen molar-refractivity contribution in [2.75, 3.05) is 12.9 Å². The maximum absolute atomic E-state index is 5.57. The highest BCUT2D eigenvalue weighted by Gasteiger charge is 2.07. The number of thioether (sulfide) groups is 1. The highest BCUT2D eigenvalue weighted by Crippen LogP contribution is 2.18. The van der Waals surface area contributed by atoms with Gasteiger partial charge in [-0.3, -0.25) is 0 Å². The van der Waals surface area contributed by atoms with Gasteiger partial charge in [0.1, 0.15) is 11.6 Å². The van der Waals surface area contributed by atoms with Crippen molar-refractivity contribution in [3.63, 3.8) is 0 Å². The number of methoxy groups -OCH3 is 1. The maximum Gasteiger partial charge on any atom is 0.190 e. The topological polar surface area (TPSA) is 66.0 Å². The third-order valence-electron chi connectivity index (χ3n) is 2.89. The van der Waals surface area contributed by atoms with Crippen molar-refractivity contribution in [3.8, 4) is 5.75 Å². The summed E-state index contributed by atoms with van der Waals surface area (Å²) in [5.74, 6) is 2.66. The molecule has 0 saturated carbocycles. The Hall–Kier alpha value is -1.53. The highest BCUT2D eigenvalue weighted by atomic mass is 32.2. The van der Waals surface area contributed by atoms with Crippen LogP contribution in [0.1, 0.15) is 11.4 Å². The van der Waals surface area contributed by atoms with Crippen molar-refractivity contribution < 1.29 is 4.74 Å².